The van der Waals surface area contributed by atoms with E-state index >= 15 is 0 Å². The second-order valence-electron chi connectivity index (χ2n) is 6.02. The topological polar surface area (TPSA) is 92.3 Å². The number of nitriles is 1. The average Bonchev–Trinajstić information content (AvgIpc) is 3.01. The Balaban J connectivity index is 1.63. The number of carbonyl (C=O) groups excluding carboxylic acids is 1. The molecule has 1 amide bonds. The van der Waals surface area contributed by atoms with Crippen LogP contribution in [0.15, 0.2) is 59.7 Å². The zero-order chi connectivity index (χ0) is 19.9. The summed E-state index contributed by atoms with van der Waals surface area (Å²) in [4.78, 5) is 11.9. The molecule has 3 aromatic rings. The van der Waals surface area contributed by atoms with Crippen LogP contribution >= 0.6 is 0 Å². The molecule has 0 unspecified atom stereocenters. The van der Waals surface area contributed by atoms with Gasteiger partial charge in [-0.15, -0.1) is 0 Å². The number of amides is 1. The zero-order valence-corrected chi connectivity index (χ0v) is 15.6. The summed E-state index contributed by atoms with van der Waals surface area (Å²) in [6.45, 7) is 3.59. The summed E-state index contributed by atoms with van der Waals surface area (Å²) in [7, 11) is 0. The van der Waals surface area contributed by atoms with Gasteiger partial charge in [-0.25, -0.2) is 10.1 Å². The third-order valence-electron chi connectivity index (χ3n) is 4.10. The molecule has 2 aromatic carbocycles. The summed E-state index contributed by atoms with van der Waals surface area (Å²) in [6.07, 6.45) is 1.57. The highest BCUT2D eigenvalue weighted by Crippen LogP contribution is 2.17. The van der Waals surface area contributed by atoms with Crippen molar-refractivity contribution in [1.82, 2.24) is 15.2 Å². The fraction of sp³-hybridized carbons (Fsp3) is 0.143. The van der Waals surface area contributed by atoms with Crippen molar-refractivity contribution in [3.8, 4) is 17.5 Å². The van der Waals surface area contributed by atoms with Crippen molar-refractivity contribution in [2.45, 2.75) is 13.8 Å². The minimum atomic E-state index is -0.422. The Morgan fingerprint density at radius 3 is 2.68 bits per heavy atom. The van der Waals surface area contributed by atoms with E-state index in [1.54, 1.807) is 30.5 Å². The first-order chi connectivity index (χ1) is 13.6. The van der Waals surface area contributed by atoms with Crippen molar-refractivity contribution in [2.75, 3.05) is 6.61 Å². The Kier molecular flexibility index (Phi) is 5.82. The third-order valence-corrected chi connectivity index (χ3v) is 4.10. The van der Waals surface area contributed by atoms with Crippen LogP contribution in [0.2, 0.25) is 0 Å². The summed E-state index contributed by atoms with van der Waals surface area (Å²) in [5, 5.41) is 17.6. The van der Waals surface area contributed by atoms with Gasteiger partial charge in [0.25, 0.3) is 5.91 Å². The Hall–Kier alpha value is -3.92. The maximum absolute atomic E-state index is 11.9. The van der Waals surface area contributed by atoms with Crippen LogP contribution < -0.4 is 10.2 Å². The van der Waals surface area contributed by atoms with Gasteiger partial charge in [0.15, 0.2) is 6.61 Å². The van der Waals surface area contributed by atoms with Crippen LogP contribution in [0.25, 0.3) is 5.69 Å². The van der Waals surface area contributed by atoms with Gasteiger partial charge in [-0.2, -0.15) is 15.5 Å². The first-order valence-corrected chi connectivity index (χ1v) is 8.65. The standard InChI is InChI=1S/C21H19N5O2/c1-15-19(16(2)26(25-15)18-9-4-3-5-10-18)13-23-24-21(27)14-28-20-11-7-6-8-17(20)12-22/h3-11,13H,14H2,1-2H3,(H,24,27)/b23-13+. The fourth-order valence-electron chi connectivity index (χ4n) is 2.69. The SMILES string of the molecule is Cc1nn(-c2ccccc2)c(C)c1/C=N/NC(=O)COc1ccccc1C#N. The number of hydrazone groups is 1. The van der Waals surface area contributed by atoms with Crippen LogP contribution in [0.1, 0.15) is 22.5 Å². The van der Waals surface area contributed by atoms with Crippen molar-refractivity contribution in [3.05, 3.63) is 77.1 Å². The number of aromatic nitrogens is 2. The lowest BCUT2D eigenvalue weighted by Crippen LogP contribution is -2.24. The summed E-state index contributed by atoms with van der Waals surface area (Å²) >= 11 is 0. The van der Waals surface area contributed by atoms with Crippen molar-refractivity contribution in [2.24, 2.45) is 5.10 Å². The van der Waals surface area contributed by atoms with Gasteiger partial charge in [-0.05, 0) is 38.1 Å². The van der Waals surface area contributed by atoms with Crippen LogP contribution in [0, 0.1) is 25.2 Å². The molecule has 1 heterocycles. The molecule has 0 radical (unpaired) electrons. The molecular weight excluding hydrogens is 354 g/mol. The van der Waals surface area contributed by atoms with Crippen molar-refractivity contribution < 1.29 is 9.53 Å². The number of benzene rings is 2. The number of nitrogens with one attached hydrogen (secondary N) is 1. The normalized spacial score (nSPS) is 10.6. The predicted molar refractivity (Wildman–Crippen MR) is 105 cm³/mol. The number of carbonyl (C=O) groups is 1. The van der Waals surface area contributed by atoms with Gasteiger partial charge in [-0.3, -0.25) is 4.79 Å². The van der Waals surface area contributed by atoms with Gasteiger partial charge in [0.2, 0.25) is 0 Å². The van der Waals surface area contributed by atoms with Crippen LogP contribution in [-0.2, 0) is 4.79 Å². The maximum Gasteiger partial charge on any atom is 0.277 e. The lowest BCUT2D eigenvalue weighted by atomic mass is 10.2. The quantitative estimate of drug-likeness (QED) is 0.531. The number of hydrogen-bond donors (Lipinski definition) is 1. The van der Waals surface area contributed by atoms with E-state index in [0.717, 1.165) is 22.6 Å². The van der Waals surface area contributed by atoms with Gasteiger partial charge in [0, 0.05) is 5.56 Å². The average molecular weight is 373 g/mol. The molecule has 0 saturated carbocycles. The fourth-order valence-corrected chi connectivity index (χ4v) is 2.69. The molecule has 0 atom stereocenters. The maximum atomic E-state index is 11.9. The highest BCUT2D eigenvalue weighted by Gasteiger charge is 2.11. The molecule has 0 spiro atoms. The van der Waals surface area contributed by atoms with Crippen LogP contribution in [0.3, 0.4) is 0 Å². The highest BCUT2D eigenvalue weighted by molar-refractivity contribution is 5.85. The molecule has 0 aliphatic rings. The summed E-state index contributed by atoms with van der Waals surface area (Å²) < 4.78 is 7.21. The molecule has 0 saturated heterocycles. The minimum absolute atomic E-state index is 0.239. The largest absolute Gasteiger partial charge is 0.482 e. The monoisotopic (exact) mass is 373 g/mol. The van der Waals surface area contributed by atoms with E-state index in [9.17, 15) is 4.79 Å². The van der Waals surface area contributed by atoms with E-state index in [1.165, 1.54) is 0 Å². The number of hydrogen-bond acceptors (Lipinski definition) is 5. The first-order valence-electron chi connectivity index (χ1n) is 8.65. The van der Waals surface area contributed by atoms with Crippen LogP contribution in [0.4, 0.5) is 0 Å². The van der Waals surface area contributed by atoms with E-state index in [4.69, 9.17) is 10.00 Å². The molecule has 3 rings (SSSR count). The van der Waals surface area contributed by atoms with Gasteiger partial charge in [-0.1, -0.05) is 30.3 Å². The van der Waals surface area contributed by atoms with Crippen molar-refractivity contribution in [1.29, 1.82) is 5.26 Å². The third kappa shape index (κ3) is 4.24. The Bertz CT molecular complexity index is 1050. The Morgan fingerprint density at radius 2 is 1.93 bits per heavy atom. The van der Waals surface area contributed by atoms with Crippen molar-refractivity contribution >= 4 is 12.1 Å². The summed E-state index contributed by atoms with van der Waals surface area (Å²) in [5.41, 5.74) is 6.31. The lowest BCUT2D eigenvalue weighted by molar-refractivity contribution is -0.123. The Labute approximate surface area is 162 Å². The number of ether oxygens (including phenoxy) is 1. The van der Waals surface area contributed by atoms with Crippen LogP contribution in [0.5, 0.6) is 5.75 Å². The van der Waals surface area contributed by atoms with Gasteiger partial charge in [0.1, 0.15) is 11.8 Å². The molecule has 0 fully saturated rings. The van der Waals surface area contributed by atoms with E-state index < -0.39 is 5.91 Å². The van der Waals surface area contributed by atoms with E-state index in [1.807, 2.05) is 54.9 Å². The number of para-hydroxylation sites is 2. The molecule has 7 nitrogen and oxygen atoms in total. The number of rotatable bonds is 6. The van der Waals surface area contributed by atoms with Crippen LogP contribution in [-0.4, -0.2) is 28.5 Å². The smallest absolute Gasteiger partial charge is 0.277 e. The number of aryl methyl sites for hydroxylation is 1. The second-order valence-corrected chi connectivity index (χ2v) is 6.02. The molecule has 0 aliphatic heterocycles. The lowest BCUT2D eigenvalue weighted by Gasteiger charge is -2.06. The minimum Gasteiger partial charge on any atom is -0.482 e. The molecule has 1 aromatic heterocycles. The molecule has 140 valence electrons. The van der Waals surface area contributed by atoms with Gasteiger partial charge >= 0.3 is 0 Å². The summed E-state index contributed by atoms with van der Waals surface area (Å²) in [5.74, 6) is -0.0605. The molecular formula is C21H19N5O2. The van der Waals surface area contributed by atoms with Gasteiger partial charge in [0.05, 0.1) is 28.9 Å². The predicted octanol–water partition coefficient (Wildman–Crippen LogP) is 2.89. The number of nitrogens with zero attached hydrogens (tertiary/aromatic N) is 4. The van der Waals surface area contributed by atoms with Crippen molar-refractivity contribution in [3.63, 3.8) is 0 Å². The zero-order valence-electron chi connectivity index (χ0n) is 15.6. The van der Waals surface area contributed by atoms with E-state index in [-0.39, 0.29) is 6.61 Å². The molecule has 28 heavy (non-hydrogen) atoms. The molecule has 0 aliphatic carbocycles. The summed E-state index contributed by atoms with van der Waals surface area (Å²) in [6, 6.07) is 18.5. The Morgan fingerprint density at radius 1 is 1.21 bits per heavy atom. The first kappa shape index (κ1) is 18.9. The van der Waals surface area contributed by atoms with Gasteiger partial charge < -0.3 is 4.74 Å². The van der Waals surface area contributed by atoms with E-state index in [2.05, 4.69) is 15.6 Å². The highest BCUT2D eigenvalue weighted by atomic mass is 16.5. The molecule has 0 bridgehead atoms. The molecule has 7 heteroatoms. The van der Waals surface area contributed by atoms with E-state index in [0.29, 0.717) is 11.3 Å². The molecule has 1 N–H and O–H groups in total. The second kappa shape index (κ2) is 8.64.